The van der Waals surface area contributed by atoms with E-state index in [9.17, 15) is 14.4 Å². The van der Waals surface area contributed by atoms with Gasteiger partial charge in [-0.2, -0.15) is 14.0 Å². The summed E-state index contributed by atoms with van der Waals surface area (Å²) >= 11 is 18.0. The minimum atomic E-state index is -0.227. The van der Waals surface area contributed by atoms with Crippen LogP contribution in [0.2, 0.25) is 15.1 Å². The molecule has 348 valence electrons. The second-order valence-corrected chi connectivity index (χ2v) is 16.7. The van der Waals surface area contributed by atoms with Gasteiger partial charge in [0.25, 0.3) is 0 Å². The van der Waals surface area contributed by atoms with Crippen LogP contribution in [-0.2, 0) is 0 Å². The highest BCUT2D eigenvalue weighted by Gasteiger charge is 2.25. The van der Waals surface area contributed by atoms with Crippen molar-refractivity contribution in [2.24, 2.45) is 0 Å². The van der Waals surface area contributed by atoms with Crippen LogP contribution in [0.15, 0.2) is 164 Å². The molecule has 4 heterocycles. The van der Waals surface area contributed by atoms with E-state index in [1.54, 1.807) is 127 Å². The third kappa shape index (κ3) is 10.5. The standard InChI is InChI=1S/C51H30Cl3N15O3/c52-37-16-1-31(2-17-37)7-28-43(70)34-10-22-40(23-11-34)67-49(58-61-64-67)46-55-47(50-59-62-65-68(50)41-24-12-35(13-25-41)44(71)29-8-32-3-18-38(53)19-4-32)57-48(56-46)51-60-63-66-69(51)42-26-14-36(15-27-42)45(72)30-9-33-5-20-39(54)21-6-33/h1-30H/b28-7+,29-8+,30-9+. The first-order valence-corrected chi connectivity index (χ1v) is 22.6. The van der Waals surface area contributed by atoms with E-state index in [1.807, 2.05) is 36.4 Å². The average molecular weight is 1010 g/mol. The van der Waals surface area contributed by atoms with Gasteiger partial charge < -0.3 is 0 Å². The van der Waals surface area contributed by atoms with E-state index in [0.29, 0.717) is 48.8 Å². The Bertz CT molecular complexity index is 3300. The Morgan fingerprint density at radius 1 is 0.347 bits per heavy atom. The lowest BCUT2D eigenvalue weighted by molar-refractivity contribution is 0.103. The van der Waals surface area contributed by atoms with Crippen LogP contribution < -0.4 is 0 Å². The van der Waals surface area contributed by atoms with Crippen molar-refractivity contribution < 1.29 is 14.4 Å². The number of allylic oxidation sites excluding steroid dienone is 3. The topological polar surface area (TPSA) is 221 Å². The lowest BCUT2D eigenvalue weighted by atomic mass is 10.1. The molecule has 21 heteroatoms. The Morgan fingerprint density at radius 3 is 0.847 bits per heavy atom. The summed E-state index contributed by atoms with van der Waals surface area (Å²) in [6.45, 7) is 0. The van der Waals surface area contributed by atoms with Crippen LogP contribution in [0.5, 0.6) is 0 Å². The molecule has 0 amide bonds. The summed E-state index contributed by atoms with van der Waals surface area (Å²) in [5.41, 5.74) is 5.12. The van der Waals surface area contributed by atoms with Gasteiger partial charge in [-0.15, -0.1) is 15.3 Å². The van der Waals surface area contributed by atoms with Gasteiger partial charge >= 0.3 is 0 Å². The highest BCUT2D eigenvalue weighted by atomic mass is 35.5. The minimum absolute atomic E-state index is 0.0306. The van der Waals surface area contributed by atoms with Gasteiger partial charge in [-0.05, 0) is 175 Å². The van der Waals surface area contributed by atoms with Crippen LogP contribution in [0, 0.1) is 0 Å². The maximum atomic E-state index is 13.1. The van der Waals surface area contributed by atoms with Crippen LogP contribution in [0.3, 0.4) is 0 Å². The van der Waals surface area contributed by atoms with E-state index in [1.165, 1.54) is 32.3 Å². The van der Waals surface area contributed by atoms with E-state index >= 15 is 0 Å². The maximum absolute atomic E-state index is 13.1. The molecule has 0 saturated heterocycles. The van der Waals surface area contributed by atoms with Gasteiger partial charge in [0.2, 0.25) is 34.9 Å². The largest absolute Gasteiger partial charge is 0.289 e. The number of rotatable bonds is 15. The first-order chi connectivity index (χ1) is 35.1. The van der Waals surface area contributed by atoms with Crippen LogP contribution >= 0.6 is 34.8 Å². The molecule has 0 unspecified atom stereocenters. The number of nitrogens with zero attached hydrogens (tertiary/aromatic N) is 15. The molecular formula is C51H30Cl3N15O3. The number of carbonyl (C=O) groups is 3. The molecule has 0 aliphatic carbocycles. The number of ketones is 3. The molecule has 0 aliphatic rings. The number of benzene rings is 6. The number of aromatic nitrogens is 15. The van der Waals surface area contributed by atoms with Crippen molar-refractivity contribution in [3.63, 3.8) is 0 Å². The van der Waals surface area contributed by atoms with Crippen molar-refractivity contribution >= 4 is 70.4 Å². The summed E-state index contributed by atoms with van der Waals surface area (Å²) in [4.78, 5) is 53.7. The summed E-state index contributed by atoms with van der Waals surface area (Å²) in [6.07, 6.45) is 9.52. The second-order valence-electron chi connectivity index (χ2n) is 15.4. The predicted octanol–water partition coefficient (Wildman–Crippen LogP) is 9.45. The zero-order chi connectivity index (χ0) is 49.6. The summed E-state index contributed by atoms with van der Waals surface area (Å²) in [6, 6.07) is 41.2. The van der Waals surface area contributed by atoms with Gasteiger partial charge in [0.15, 0.2) is 17.3 Å². The summed E-state index contributed by atoms with van der Waals surface area (Å²) < 4.78 is 4.17. The Morgan fingerprint density at radius 2 is 0.597 bits per heavy atom. The molecule has 0 saturated carbocycles. The lowest BCUT2D eigenvalue weighted by Gasteiger charge is -2.09. The Balaban J connectivity index is 0.984. The normalized spacial score (nSPS) is 11.5. The van der Waals surface area contributed by atoms with Crippen LogP contribution in [-0.4, -0.2) is 92.9 Å². The highest BCUT2D eigenvalue weighted by Crippen LogP contribution is 2.26. The van der Waals surface area contributed by atoms with Crippen LogP contribution in [0.1, 0.15) is 47.8 Å². The first kappa shape index (κ1) is 46.4. The van der Waals surface area contributed by atoms with Gasteiger partial charge in [-0.3, -0.25) is 14.4 Å². The molecule has 0 N–H and O–H groups in total. The Hall–Kier alpha value is -9.36. The molecule has 0 bridgehead atoms. The van der Waals surface area contributed by atoms with E-state index in [4.69, 9.17) is 49.8 Å². The molecule has 0 radical (unpaired) electrons. The number of hydrogen-bond acceptors (Lipinski definition) is 15. The van der Waals surface area contributed by atoms with Crippen molar-refractivity contribution in [1.29, 1.82) is 0 Å². The summed E-state index contributed by atoms with van der Waals surface area (Å²) in [5, 5.41) is 39.1. The molecule has 6 aromatic carbocycles. The first-order valence-electron chi connectivity index (χ1n) is 21.5. The van der Waals surface area contributed by atoms with Crippen molar-refractivity contribution in [2.45, 2.75) is 0 Å². The third-order valence-corrected chi connectivity index (χ3v) is 11.5. The van der Waals surface area contributed by atoms with Crippen molar-refractivity contribution in [2.75, 3.05) is 0 Å². The van der Waals surface area contributed by atoms with Gasteiger partial charge in [0, 0.05) is 31.8 Å². The van der Waals surface area contributed by atoms with E-state index < -0.39 is 0 Å². The fraction of sp³-hybridized carbons (Fsp3) is 0. The number of hydrogen-bond donors (Lipinski definition) is 0. The molecule has 18 nitrogen and oxygen atoms in total. The Kier molecular flexibility index (Phi) is 13.3. The SMILES string of the molecule is O=C(/C=C/c1ccc(Cl)cc1)c1ccc(-n2nnnc2-c2nc(-c3nnnn3-c3ccc(C(=O)/C=C/c4ccc(Cl)cc4)cc3)nc(-c3nnnn3-c3ccc(C(=O)/C=C/c4ccc(Cl)cc4)cc3)n2)cc1. The molecule has 0 fully saturated rings. The molecule has 72 heavy (non-hydrogen) atoms. The Labute approximate surface area is 422 Å². The van der Waals surface area contributed by atoms with E-state index in [0.717, 1.165) is 16.7 Å². The summed E-state index contributed by atoms with van der Waals surface area (Å²) in [7, 11) is 0. The van der Waals surface area contributed by atoms with Gasteiger partial charge in [-0.1, -0.05) is 89.4 Å². The quantitative estimate of drug-likeness (QED) is 0.0689. The van der Waals surface area contributed by atoms with Gasteiger partial charge in [0.05, 0.1) is 17.1 Å². The molecule has 10 rings (SSSR count). The molecule has 0 aliphatic heterocycles. The summed E-state index contributed by atoms with van der Waals surface area (Å²) in [5.74, 6) is -0.553. The number of halogens is 3. The highest BCUT2D eigenvalue weighted by molar-refractivity contribution is 6.31. The molecule has 10 aromatic rings. The molecular weight excluding hydrogens is 977 g/mol. The van der Waals surface area contributed by atoms with Crippen LogP contribution in [0.4, 0.5) is 0 Å². The number of carbonyl (C=O) groups excluding carboxylic acids is 3. The number of tetrazole rings is 3. The molecule has 0 atom stereocenters. The van der Waals surface area contributed by atoms with Crippen LogP contribution in [0.25, 0.3) is 70.2 Å². The van der Waals surface area contributed by atoms with Crippen molar-refractivity contribution in [3.05, 3.63) is 212 Å². The fourth-order valence-electron chi connectivity index (χ4n) is 7.00. The smallest absolute Gasteiger partial charge is 0.224 e. The lowest BCUT2D eigenvalue weighted by Crippen LogP contribution is -2.10. The van der Waals surface area contributed by atoms with E-state index in [-0.39, 0.29) is 52.3 Å². The predicted molar refractivity (Wildman–Crippen MR) is 269 cm³/mol. The monoisotopic (exact) mass is 1010 g/mol. The maximum Gasteiger partial charge on any atom is 0.224 e. The van der Waals surface area contributed by atoms with Gasteiger partial charge in [-0.25, -0.2) is 15.0 Å². The van der Waals surface area contributed by atoms with E-state index in [2.05, 4.69) is 46.6 Å². The third-order valence-electron chi connectivity index (χ3n) is 10.7. The van der Waals surface area contributed by atoms with Crippen molar-refractivity contribution in [3.8, 4) is 52.0 Å². The zero-order valence-corrected chi connectivity index (χ0v) is 39.2. The minimum Gasteiger partial charge on any atom is -0.289 e. The zero-order valence-electron chi connectivity index (χ0n) is 36.9. The fourth-order valence-corrected chi connectivity index (χ4v) is 7.38. The van der Waals surface area contributed by atoms with Crippen molar-refractivity contribution in [1.82, 2.24) is 75.6 Å². The average Bonchev–Trinajstić information content (AvgIpc) is 4.23. The molecule has 4 aromatic heterocycles. The second kappa shape index (κ2) is 20.7. The van der Waals surface area contributed by atoms with Gasteiger partial charge in [0.1, 0.15) is 0 Å². The molecule has 0 spiro atoms.